The van der Waals surface area contributed by atoms with E-state index < -0.39 is 0 Å². The van der Waals surface area contributed by atoms with Crippen molar-refractivity contribution in [2.45, 2.75) is 6.92 Å². The zero-order valence-electron chi connectivity index (χ0n) is 32.5. The summed E-state index contributed by atoms with van der Waals surface area (Å²) in [6, 6.07) is 76.3. The van der Waals surface area contributed by atoms with Crippen molar-refractivity contribution in [2.24, 2.45) is 0 Å². The van der Waals surface area contributed by atoms with Gasteiger partial charge in [0.2, 0.25) is 0 Å². The average molecular weight is 752 g/mol. The molecule has 0 saturated carbocycles. The molecule has 0 saturated heterocycles. The third-order valence-electron chi connectivity index (χ3n) is 11.9. The van der Waals surface area contributed by atoms with Gasteiger partial charge in [0.15, 0.2) is 0 Å². The second-order valence-corrected chi connectivity index (χ2v) is 15.4. The van der Waals surface area contributed by atoms with Gasteiger partial charge in [-0.05, 0) is 112 Å². The number of hydrogen-bond acceptors (Lipinski definition) is 1. The molecule has 2 heterocycles. The van der Waals surface area contributed by atoms with Gasteiger partial charge in [0, 0.05) is 32.9 Å². The van der Waals surface area contributed by atoms with E-state index >= 15 is 0 Å². The van der Waals surface area contributed by atoms with Crippen LogP contribution in [0, 0.1) is 18.3 Å². The van der Waals surface area contributed by atoms with Gasteiger partial charge in [0.1, 0.15) is 0 Å². The lowest BCUT2D eigenvalue weighted by Crippen LogP contribution is -1.95. The van der Waals surface area contributed by atoms with Gasteiger partial charge in [-0.1, -0.05) is 151 Å². The SMILES string of the molecule is Cc1ccc(-c2ccc(-c3ccc(-n4c5ccccc5c5c6c7ccccc7n(-c7ccc(-c8ccc(-c9ccc(C#N)cc9)cc8)cc7)c6ccc54)cc3)cc2)cc1. The molecule has 276 valence electrons. The summed E-state index contributed by atoms with van der Waals surface area (Å²) in [5, 5.41) is 14.2. The summed E-state index contributed by atoms with van der Waals surface area (Å²) in [4.78, 5) is 0. The lowest BCUT2D eigenvalue weighted by Gasteiger charge is -2.11. The van der Waals surface area contributed by atoms with E-state index in [1.165, 1.54) is 71.4 Å². The van der Waals surface area contributed by atoms with Crippen molar-refractivity contribution >= 4 is 43.6 Å². The van der Waals surface area contributed by atoms with E-state index in [1.807, 2.05) is 24.3 Å². The highest BCUT2D eigenvalue weighted by Crippen LogP contribution is 2.42. The van der Waals surface area contributed by atoms with Crippen LogP contribution < -0.4 is 0 Å². The van der Waals surface area contributed by atoms with E-state index in [4.69, 9.17) is 0 Å². The van der Waals surface area contributed by atoms with Gasteiger partial charge in [-0.2, -0.15) is 5.26 Å². The first-order valence-electron chi connectivity index (χ1n) is 20.1. The molecule has 0 fully saturated rings. The molecule has 11 rings (SSSR count). The highest BCUT2D eigenvalue weighted by molar-refractivity contribution is 6.28. The van der Waals surface area contributed by atoms with Crippen molar-refractivity contribution in [3.05, 3.63) is 217 Å². The number of fused-ring (bicyclic) bond motifs is 7. The maximum atomic E-state index is 9.18. The summed E-state index contributed by atoms with van der Waals surface area (Å²) in [5.41, 5.74) is 18.4. The number of aryl methyl sites for hydroxylation is 1. The van der Waals surface area contributed by atoms with E-state index in [1.54, 1.807) is 0 Å². The smallest absolute Gasteiger partial charge is 0.0991 e. The number of aromatic nitrogens is 2. The van der Waals surface area contributed by atoms with Crippen LogP contribution in [0.5, 0.6) is 0 Å². The van der Waals surface area contributed by atoms with Crippen LogP contribution in [-0.4, -0.2) is 9.13 Å². The van der Waals surface area contributed by atoms with E-state index in [9.17, 15) is 5.26 Å². The summed E-state index contributed by atoms with van der Waals surface area (Å²) in [6.45, 7) is 2.12. The third-order valence-corrected chi connectivity index (χ3v) is 11.9. The van der Waals surface area contributed by atoms with E-state index in [0.717, 1.165) is 33.6 Å². The monoisotopic (exact) mass is 751 g/mol. The Balaban J connectivity index is 0.972. The summed E-state index contributed by atoms with van der Waals surface area (Å²) in [5.74, 6) is 0. The first kappa shape index (κ1) is 34.3. The van der Waals surface area contributed by atoms with Gasteiger partial charge in [0.25, 0.3) is 0 Å². The summed E-state index contributed by atoms with van der Waals surface area (Å²) in [6.07, 6.45) is 0. The van der Waals surface area contributed by atoms with Crippen LogP contribution in [0.2, 0.25) is 0 Å². The summed E-state index contributed by atoms with van der Waals surface area (Å²) < 4.78 is 4.83. The third kappa shape index (κ3) is 5.81. The van der Waals surface area contributed by atoms with Crippen molar-refractivity contribution in [1.82, 2.24) is 9.13 Å². The minimum absolute atomic E-state index is 0.670. The molecule has 0 aliphatic rings. The maximum Gasteiger partial charge on any atom is 0.0991 e. The Kier molecular flexibility index (Phi) is 8.10. The highest BCUT2D eigenvalue weighted by Gasteiger charge is 2.20. The van der Waals surface area contributed by atoms with Crippen LogP contribution >= 0.6 is 0 Å². The fraction of sp³-hybridized carbons (Fsp3) is 0.0179. The molecular weight excluding hydrogens is 715 g/mol. The number of nitriles is 1. The molecule has 0 aliphatic heterocycles. The van der Waals surface area contributed by atoms with Gasteiger partial charge in [-0.25, -0.2) is 0 Å². The molecule has 0 bridgehead atoms. The van der Waals surface area contributed by atoms with Crippen LogP contribution in [0.3, 0.4) is 0 Å². The van der Waals surface area contributed by atoms with E-state index in [0.29, 0.717) is 5.56 Å². The van der Waals surface area contributed by atoms with E-state index in [-0.39, 0.29) is 0 Å². The molecule has 0 spiro atoms. The molecule has 0 radical (unpaired) electrons. The van der Waals surface area contributed by atoms with Crippen molar-refractivity contribution in [3.8, 4) is 62.0 Å². The predicted molar refractivity (Wildman–Crippen MR) is 246 cm³/mol. The lowest BCUT2D eigenvalue weighted by atomic mass is 9.99. The van der Waals surface area contributed by atoms with Crippen LogP contribution in [0.4, 0.5) is 0 Å². The Hall–Kier alpha value is -7.93. The lowest BCUT2D eigenvalue weighted by molar-refractivity contribution is 1.17. The molecule has 59 heavy (non-hydrogen) atoms. The van der Waals surface area contributed by atoms with Crippen LogP contribution in [-0.2, 0) is 0 Å². The minimum Gasteiger partial charge on any atom is -0.309 e. The van der Waals surface area contributed by atoms with Gasteiger partial charge < -0.3 is 9.13 Å². The van der Waals surface area contributed by atoms with Gasteiger partial charge in [-0.3, -0.25) is 0 Å². The molecule has 2 aromatic heterocycles. The predicted octanol–water partition coefficient (Wildman–Crippen LogP) is 14.7. The van der Waals surface area contributed by atoms with Crippen molar-refractivity contribution in [3.63, 3.8) is 0 Å². The standard InChI is InChI=1S/C56H37N3/c1-37-10-14-39(15-11-37)41-18-22-43(23-19-41)45-26-30-47(31-27-45)58-51-8-4-2-6-49(51)55-53(58)34-35-54-56(55)50-7-3-5-9-52(50)59(54)48-32-28-46(29-33-48)44-24-20-42(21-25-44)40-16-12-38(36-57)13-17-40/h2-35H,1H3. The molecule has 0 aliphatic carbocycles. The number of para-hydroxylation sites is 2. The van der Waals surface area contributed by atoms with E-state index in [2.05, 4.69) is 204 Å². The first-order chi connectivity index (χ1) is 29.1. The highest BCUT2D eigenvalue weighted by atomic mass is 15.0. The second-order valence-electron chi connectivity index (χ2n) is 15.4. The molecular formula is C56H37N3. The second kappa shape index (κ2) is 13.9. The topological polar surface area (TPSA) is 33.6 Å². The fourth-order valence-corrected chi connectivity index (χ4v) is 8.87. The Bertz CT molecular complexity index is 3380. The number of hydrogen-bond donors (Lipinski definition) is 0. The van der Waals surface area contributed by atoms with Crippen molar-refractivity contribution in [2.75, 3.05) is 0 Å². The molecule has 0 N–H and O–H groups in total. The number of nitrogens with zero attached hydrogens (tertiary/aromatic N) is 3. The van der Waals surface area contributed by atoms with Crippen LogP contribution in [0.1, 0.15) is 11.1 Å². The minimum atomic E-state index is 0.670. The molecule has 0 atom stereocenters. The van der Waals surface area contributed by atoms with Crippen molar-refractivity contribution in [1.29, 1.82) is 5.26 Å². The summed E-state index contributed by atoms with van der Waals surface area (Å²) in [7, 11) is 0. The Morgan fingerprint density at radius 1 is 0.322 bits per heavy atom. The quantitative estimate of drug-likeness (QED) is 0.167. The molecule has 0 amide bonds. The molecule has 3 nitrogen and oxygen atoms in total. The maximum absolute atomic E-state index is 9.18. The summed E-state index contributed by atoms with van der Waals surface area (Å²) >= 11 is 0. The molecule has 3 heteroatoms. The Morgan fingerprint density at radius 2 is 0.627 bits per heavy atom. The Labute approximate surface area is 342 Å². The van der Waals surface area contributed by atoms with Crippen molar-refractivity contribution < 1.29 is 0 Å². The normalized spacial score (nSPS) is 11.5. The average Bonchev–Trinajstić information content (AvgIpc) is 3.82. The van der Waals surface area contributed by atoms with Gasteiger partial charge in [-0.15, -0.1) is 0 Å². The first-order valence-corrected chi connectivity index (χ1v) is 20.1. The Morgan fingerprint density at radius 3 is 0.983 bits per heavy atom. The number of rotatable bonds is 6. The van der Waals surface area contributed by atoms with Gasteiger partial charge >= 0.3 is 0 Å². The molecule has 0 unspecified atom stereocenters. The zero-order chi connectivity index (χ0) is 39.5. The van der Waals surface area contributed by atoms with Gasteiger partial charge in [0.05, 0.1) is 33.7 Å². The van der Waals surface area contributed by atoms with Crippen LogP contribution in [0.15, 0.2) is 206 Å². The largest absolute Gasteiger partial charge is 0.309 e. The molecule has 11 aromatic rings. The fourth-order valence-electron chi connectivity index (χ4n) is 8.87. The zero-order valence-corrected chi connectivity index (χ0v) is 32.5. The number of benzene rings is 9. The molecule has 9 aromatic carbocycles. The van der Waals surface area contributed by atoms with Crippen LogP contribution in [0.25, 0.3) is 99.5 Å².